The van der Waals surface area contributed by atoms with Gasteiger partial charge in [0, 0.05) is 6.54 Å². The molecule has 2 rings (SSSR count). The van der Waals surface area contributed by atoms with Crippen LogP contribution in [0, 0.1) is 5.82 Å². The highest BCUT2D eigenvalue weighted by molar-refractivity contribution is 7.89. The van der Waals surface area contributed by atoms with Crippen molar-refractivity contribution in [3.63, 3.8) is 0 Å². The fourth-order valence-electron chi connectivity index (χ4n) is 1.49. The van der Waals surface area contributed by atoms with Crippen molar-refractivity contribution in [1.29, 1.82) is 0 Å². The molecular formula is C10H10FN3O4S. The summed E-state index contributed by atoms with van der Waals surface area (Å²) >= 11 is 0. The third-order valence-corrected chi connectivity index (χ3v) is 3.90. The Morgan fingerprint density at radius 3 is 2.37 bits per heavy atom. The summed E-state index contributed by atoms with van der Waals surface area (Å²) < 4.78 is 38.5. The summed E-state index contributed by atoms with van der Waals surface area (Å²) in [6, 6.07) is 2.60. The van der Waals surface area contributed by atoms with Crippen LogP contribution in [0.4, 0.5) is 9.18 Å². The second-order valence-electron chi connectivity index (χ2n) is 3.82. The third kappa shape index (κ3) is 3.06. The lowest BCUT2D eigenvalue weighted by molar-refractivity contribution is -0.120. The molecule has 1 heterocycles. The largest absolute Gasteiger partial charge is 0.325 e. The smallest absolute Gasteiger partial charge is 0.322 e. The minimum absolute atomic E-state index is 0.126. The van der Waals surface area contributed by atoms with Crippen LogP contribution >= 0.6 is 0 Å². The Kier molecular flexibility index (Phi) is 3.49. The van der Waals surface area contributed by atoms with Crippen molar-refractivity contribution in [2.75, 3.05) is 6.54 Å². The average Bonchev–Trinajstić information content (AvgIpc) is 2.66. The number of nitrogens with one attached hydrogen (secondary N) is 3. The lowest BCUT2D eigenvalue weighted by atomic mass is 10.3. The van der Waals surface area contributed by atoms with Gasteiger partial charge in [-0.1, -0.05) is 0 Å². The molecule has 3 N–H and O–H groups in total. The van der Waals surface area contributed by atoms with Crippen LogP contribution in [0.15, 0.2) is 29.2 Å². The van der Waals surface area contributed by atoms with Crippen LogP contribution in [0.25, 0.3) is 0 Å². The quantitative estimate of drug-likeness (QED) is 0.638. The molecule has 3 amide bonds. The van der Waals surface area contributed by atoms with E-state index in [1.54, 1.807) is 0 Å². The first-order chi connectivity index (χ1) is 8.88. The molecular weight excluding hydrogens is 277 g/mol. The van der Waals surface area contributed by atoms with E-state index in [1.807, 2.05) is 5.32 Å². The molecule has 1 atom stereocenters. The number of hydrogen-bond donors (Lipinski definition) is 3. The van der Waals surface area contributed by atoms with Gasteiger partial charge in [-0.25, -0.2) is 22.3 Å². The monoisotopic (exact) mass is 287 g/mol. The molecule has 0 spiro atoms. The second-order valence-corrected chi connectivity index (χ2v) is 5.59. The summed E-state index contributed by atoms with van der Waals surface area (Å²) in [5.74, 6) is -1.16. The average molecular weight is 287 g/mol. The molecule has 102 valence electrons. The molecule has 1 aliphatic heterocycles. The standard InChI is InChI=1S/C10H10FN3O4S/c11-6-1-3-7(4-2-6)19(17,18)12-5-8-9(15)14-10(16)13-8/h1-4,8,12H,5H2,(H2,13,14,15,16). The zero-order valence-corrected chi connectivity index (χ0v) is 10.3. The summed E-state index contributed by atoms with van der Waals surface area (Å²) in [6.07, 6.45) is 0. The van der Waals surface area contributed by atoms with E-state index >= 15 is 0 Å². The first-order valence-corrected chi connectivity index (χ1v) is 6.73. The van der Waals surface area contributed by atoms with Gasteiger partial charge in [0.2, 0.25) is 10.0 Å². The maximum atomic E-state index is 12.7. The predicted octanol–water partition coefficient (Wildman–Crippen LogP) is -0.688. The van der Waals surface area contributed by atoms with Gasteiger partial charge in [-0.3, -0.25) is 10.1 Å². The maximum Gasteiger partial charge on any atom is 0.322 e. The highest BCUT2D eigenvalue weighted by Crippen LogP contribution is 2.09. The Bertz CT molecular complexity index is 614. The molecule has 1 aromatic rings. The van der Waals surface area contributed by atoms with E-state index < -0.39 is 33.8 Å². The molecule has 0 aliphatic carbocycles. The first kappa shape index (κ1) is 13.4. The molecule has 19 heavy (non-hydrogen) atoms. The van der Waals surface area contributed by atoms with E-state index in [1.165, 1.54) is 0 Å². The molecule has 1 unspecified atom stereocenters. The maximum absolute atomic E-state index is 12.7. The second kappa shape index (κ2) is 4.94. The summed E-state index contributed by atoms with van der Waals surface area (Å²) in [5.41, 5.74) is 0. The lowest BCUT2D eigenvalue weighted by Crippen LogP contribution is -2.41. The van der Waals surface area contributed by atoms with E-state index in [9.17, 15) is 22.4 Å². The molecule has 0 aromatic heterocycles. The molecule has 1 fully saturated rings. The van der Waals surface area contributed by atoms with Crippen molar-refractivity contribution < 1.29 is 22.4 Å². The molecule has 9 heteroatoms. The van der Waals surface area contributed by atoms with Gasteiger partial charge in [-0.2, -0.15) is 0 Å². The van der Waals surface area contributed by atoms with Gasteiger partial charge in [0.15, 0.2) is 0 Å². The highest BCUT2D eigenvalue weighted by atomic mass is 32.2. The topological polar surface area (TPSA) is 104 Å². The van der Waals surface area contributed by atoms with Crippen LogP contribution < -0.4 is 15.4 Å². The molecule has 7 nitrogen and oxygen atoms in total. The van der Waals surface area contributed by atoms with Crippen molar-refractivity contribution in [3.8, 4) is 0 Å². The van der Waals surface area contributed by atoms with Crippen molar-refractivity contribution in [2.45, 2.75) is 10.9 Å². The Morgan fingerprint density at radius 2 is 1.84 bits per heavy atom. The number of benzene rings is 1. The van der Waals surface area contributed by atoms with Crippen LogP contribution in [-0.4, -0.2) is 32.9 Å². The Labute approximate surface area is 108 Å². The SMILES string of the molecule is O=C1NC(=O)C(CNS(=O)(=O)c2ccc(F)cc2)N1. The molecule has 1 aliphatic rings. The van der Waals surface area contributed by atoms with Crippen molar-refractivity contribution in [1.82, 2.24) is 15.4 Å². The van der Waals surface area contributed by atoms with Gasteiger partial charge < -0.3 is 5.32 Å². The first-order valence-electron chi connectivity index (χ1n) is 5.25. The number of hydrogen-bond acceptors (Lipinski definition) is 4. The Balaban J connectivity index is 2.04. The molecule has 0 radical (unpaired) electrons. The van der Waals surface area contributed by atoms with Gasteiger partial charge in [0.25, 0.3) is 5.91 Å². The fourth-order valence-corrected chi connectivity index (χ4v) is 2.54. The molecule has 1 aromatic carbocycles. The van der Waals surface area contributed by atoms with E-state index in [-0.39, 0.29) is 11.4 Å². The number of rotatable bonds is 4. The predicted molar refractivity (Wildman–Crippen MR) is 62.1 cm³/mol. The molecule has 0 saturated carbocycles. The van der Waals surface area contributed by atoms with Crippen molar-refractivity contribution in [3.05, 3.63) is 30.1 Å². The van der Waals surface area contributed by atoms with E-state index in [4.69, 9.17) is 0 Å². The summed E-state index contributed by atoms with van der Waals surface area (Å²) in [7, 11) is -3.85. The zero-order chi connectivity index (χ0) is 14.0. The van der Waals surface area contributed by atoms with Gasteiger partial charge in [0.1, 0.15) is 11.9 Å². The lowest BCUT2D eigenvalue weighted by Gasteiger charge is -2.09. The number of imide groups is 1. The minimum atomic E-state index is -3.85. The summed E-state index contributed by atoms with van der Waals surface area (Å²) in [6.45, 7) is -0.280. The number of sulfonamides is 1. The number of amides is 3. The van der Waals surface area contributed by atoms with Crippen LogP contribution in [0.1, 0.15) is 0 Å². The van der Waals surface area contributed by atoms with Crippen LogP contribution in [-0.2, 0) is 14.8 Å². The number of carbonyl (C=O) groups is 2. The Morgan fingerprint density at radius 1 is 1.21 bits per heavy atom. The van der Waals surface area contributed by atoms with Crippen molar-refractivity contribution >= 4 is 22.0 Å². The van der Waals surface area contributed by atoms with Gasteiger partial charge >= 0.3 is 6.03 Å². The van der Waals surface area contributed by atoms with Gasteiger partial charge in [0.05, 0.1) is 4.90 Å². The van der Waals surface area contributed by atoms with E-state index in [0.717, 1.165) is 24.3 Å². The highest BCUT2D eigenvalue weighted by Gasteiger charge is 2.30. The van der Waals surface area contributed by atoms with E-state index in [0.29, 0.717) is 0 Å². The van der Waals surface area contributed by atoms with Gasteiger partial charge in [-0.05, 0) is 24.3 Å². The summed E-state index contributed by atoms with van der Waals surface area (Å²) in [4.78, 5) is 21.9. The fraction of sp³-hybridized carbons (Fsp3) is 0.200. The number of halogens is 1. The van der Waals surface area contributed by atoms with E-state index in [2.05, 4.69) is 10.0 Å². The van der Waals surface area contributed by atoms with Crippen LogP contribution in [0.2, 0.25) is 0 Å². The number of urea groups is 1. The minimum Gasteiger partial charge on any atom is -0.325 e. The number of carbonyl (C=O) groups excluding carboxylic acids is 2. The van der Waals surface area contributed by atoms with Crippen LogP contribution in [0.5, 0.6) is 0 Å². The zero-order valence-electron chi connectivity index (χ0n) is 9.51. The Hall–Kier alpha value is -2.00. The van der Waals surface area contributed by atoms with Gasteiger partial charge in [-0.15, -0.1) is 0 Å². The summed E-state index contributed by atoms with van der Waals surface area (Å²) in [5, 5.41) is 4.23. The third-order valence-electron chi connectivity index (χ3n) is 2.46. The normalized spacial score (nSPS) is 19.1. The van der Waals surface area contributed by atoms with Crippen molar-refractivity contribution in [2.24, 2.45) is 0 Å². The van der Waals surface area contributed by atoms with Crippen LogP contribution in [0.3, 0.4) is 0 Å². The molecule has 1 saturated heterocycles. The molecule has 0 bridgehead atoms.